The van der Waals surface area contributed by atoms with Gasteiger partial charge in [-0.05, 0) is 47.9 Å². The van der Waals surface area contributed by atoms with E-state index in [4.69, 9.17) is 45.1 Å². The van der Waals surface area contributed by atoms with Gasteiger partial charge in [-0.25, -0.2) is 5.43 Å². The second kappa shape index (κ2) is 5.95. The fraction of sp³-hybridized carbons (Fsp3) is 0.167. The Hall–Kier alpha value is -0.710. The highest BCUT2D eigenvalue weighted by Gasteiger charge is 2.17. The lowest BCUT2D eigenvalue weighted by molar-refractivity contribution is 0.417. The molecule has 6 heteroatoms. The predicted molar refractivity (Wildman–Crippen MR) is 73.9 cm³/mol. The number of hydrazine groups is 1. The molecule has 1 aromatic carbocycles. The smallest absolute Gasteiger partial charge is 0.193 e. The number of nitrogens with one attached hydrogen (secondary N) is 1. The Bertz CT molecular complexity index is 522. The molecular formula is C12H11Cl3N2O. The minimum Gasteiger partial charge on any atom is -0.448 e. The minimum atomic E-state index is -0.241. The van der Waals surface area contributed by atoms with Crippen molar-refractivity contribution in [2.24, 2.45) is 5.84 Å². The zero-order valence-electron chi connectivity index (χ0n) is 9.29. The molecule has 0 fully saturated rings. The topological polar surface area (TPSA) is 51.2 Å². The summed E-state index contributed by atoms with van der Waals surface area (Å²) in [7, 11) is 0. The highest BCUT2D eigenvalue weighted by Crippen LogP contribution is 2.30. The van der Waals surface area contributed by atoms with Crippen LogP contribution in [0.25, 0.3) is 0 Å². The highest BCUT2D eigenvalue weighted by atomic mass is 35.5. The van der Waals surface area contributed by atoms with Crippen LogP contribution in [0.3, 0.4) is 0 Å². The molecule has 1 heterocycles. The molecule has 2 aromatic rings. The van der Waals surface area contributed by atoms with Gasteiger partial charge in [-0.1, -0.05) is 29.3 Å². The zero-order valence-corrected chi connectivity index (χ0v) is 11.6. The van der Waals surface area contributed by atoms with E-state index >= 15 is 0 Å². The van der Waals surface area contributed by atoms with Crippen LogP contribution in [0.1, 0.15) is 17.4 Å². The van der Waals surface area contributed by atoms with Crippen molar-refractivity contribution in [2.75, 3.05) is 0 Å². The lowest BCUT2D eigenvalue weighted by Gasteiger charge is -2.15. The van der Waals surface area contributed by atoms with Crippen LogP contribution >= 0.6 is 34.8 Å². The summed E-state index contributed by atoms with van der Waals surface area (Å²) < 4.78 is 5.33. The van der Waals surface area contributed by atoms with Gasteiger partial charge in [0.05, 0.1) is 6.04 Å². The van der Waals surface area contributed by atoms with Gasteiger partial charge < -0.3 is 4.42 Å². The number of benzene rings is 1. The highest BCUT2D eigenvalue weighted by molar-refractivity contribution is 6.36. The van der Waals surface area contributed by atoms with E-state index in [2.05, 4.69) is 5.43 Å². The van der Waals surface area contributed by atoms with Crippen molar-refractivity contribution in [3.05, 3.63) is 56.9 Å². The molecule has 3 nitrogen and oxygen atoms in total. The average molecular weight is 306 g/mol. The molecule has 2 rings (SSSR count). The Balaban J connectivity index is 2.26. The summed E-state index contributed by atoms with van der Waals surface area (Å²) in [6.07, 6.45) is 0.513. The standard InChI is InChI=1S/C12H11Cl3N2O/c13-8-2-1-3-9(14)7(8)6-10(17-16)11-4-5-12(15)18-11/h1-5,10,17H,6,16H2. The quantitative estimate of drug-likeness (QED) is 0.663. The van der Waals surface area contributed by atoms with Gasteiger partial charge in [0.2, 0.25) is 0 Å². The molecular weight excluding hydrogens is 295 g/mol. The Morgan fingerprint density at radius 2 is 1.78 bits per heavy atom. The van der Waals surface area contributed by atoms with E-state index in [-0.39, 0.29) is 6.04 Å². The molecule has 0 aliphatic rings. The molecule has 1 aromatic heterocycles. The summed E-state index contributed by atoms with van der Waals surface area (Å²) in [5.74, 6) is 6.16. The van der Waals surface area contributed by atoms with E-state index < -0.39 is 0 Å². The minimum absolute atomic E-state index is 0.241. The van der Waals surface area contributed by atoms with Crippen molar-refractivity contribution in [2.45, 2.75) is 12.5 Å². The van der Waals surface area contributed by atoms with Gasteiger partial charge in [-0.15, -0.1) is 0 Å². The molecule has 0 aliphatic carbocycles. The molecule has 0 saturated heterocycles. The molecule has 0 spiro atoms. The molecule has 96 valence electrons. The summed E-state index contributed by atoms with van der Waals surface area (Å²) in [4.78, 5) is 0. The molecule has 0 aliphatic heterocycles. The van der Waals surface area contributed by atoms with Crippen LogP contribution in [0.15, 0.2) is 34.7 Å². The van der Waals surface area contributed by atoms with Gasteiger partial charge in [-0.2, -0.15) is 0 Å². The van der Waals surface area contributed by atoms with Crippen LogP contribution in [0, 0.1) is 0 Å². The van der Waals surface area contributed by atoms with Gasteiger partial charge in [0, 0.05) is 10.0 Å². The SMILES string of the molecule is NNC(Cc1c(Cl)cccc1Cl)c1ccc(Cl)o1. The number of halogens is 3. The molecule has 1 atom stereocenters. The monoisotopic (exact) mass is 304 g/mol. The number of hydrogen-bond acceptors (Lipinski definition) is 3. The number of hydrogen-bond donors (Lipinski definition) is 2. The molecule has 1 unspecified atom stereocenters. The van der Waals surface area contributed by atoms with E-state index in [1.54, 1.807) is 30.3 Å². The Morgan fingerprint density at radius 1 is 1.11 bits per heavy atom. The molecule has 0 amide bonds. The molecule has 3 N–H and O–H groups in total. The first-order valence-corrected chi connectivity index (χ1v) is 6.39. The summed E-state index contributed by atoms with van der Waals surface area (Å²) >= 11 is 18.0. The van der Waals surface area contributed by atoms with Crippen LogP contribution in [0.4, 0.5) is 0 Å². The van der Waals surface area contributed by atoms with Gasteiger partial charge in [0.25, 0.3) is 0 Å². The fourth-order valence-corrected chi connectivity index (χ4v) is 2.39. The van der Waals surface area contributed by atoms with Gasteiger partial charge in [0.1, 0.15) is 5.76 Å². The molecule has 0 bridgehead atoms. The van der Waals surface area contributed by atoms with E-state index in [0.29, 0.717) is 27.4 Å². The predicted octanol–water partition coefficient (Wildman–Crippen LogP) is 3.99. The maximum absolute atomic E-state index is 6.11. The zero-order chi connectivity index (χ0) is 13.1. The van der Waals surface area contributed by atoms with Gasteiger partial charge in [-0.3, -0.25) is 5.84 Å². The lowest BCUT2D eigenvalue weighted by Crippen LogP contribution is -2.29. The van der Waals surface area contributed by atoms with Crippen LogP contribution in [-0.2, 0) is 6.42 Å². The summed E-state index contributed by atoms with van der Waals surface area (Å²) in [6, 6.07) is 8.54. The molecule has 0 radical (unpaired) electrons. The van der Waals surface area contributed by atoms with Crippen LogP contribution in [0.5, 0.6) is 0 Å². The molecule has 0 saturated carbocycles. The van der Waals surface area contributed by atoms with Crippen molar-refractivity contribution < 1.29 is 4.42 Å². The Morgan fingerprint density at radius 3 is 2.28 bits per heavy atom. The lowest BCUT2D eigenvalue weighted by atomic mass is 10.0. The van der Waals surface area contributed by atoms with Crippen molar-refractivity contribution in [3.8, 4) is 0 Å². The maximum atomic E-state index is 6.11. The van der Waals surface area contributed by atoms with Gasteiger partial charge >= 0.3 is 0 Å². The number of furan rings is 1. The Kier molecular flexibility index (Phi) is 4.54. The number of rotatable bonds is 4. The van der Waals surface area contributed by atoms with E-state index in [0.717, 1.165) is 5.56 Å². The second-order valence-corrected chi connectivity index (χ2v) is 4.95. The first-order valence-electron chi connectivity index (χ1n) is 5.26. The van der Waals surface area contributed by atoms with Crippen LogP contribution in [0.2, 0.25) is 15.3 Å². The summed E-state index contributed by atoms with van der Waals surface area (Å²) in [5, 5.41) is 1.51. The normalized spacial score (nSPS) is 12.7. The summed E-state index contributed by atoms with van der Waals surface area (Å²) in [5.41, 5.74) is 3.48. The van der Waals surface area contributed by atoms with Gasteiger partial charge in [0.15, 0.2) is 5.22 Å². The van der Waals surface area contributed by atoms with E-state index in [9.17, 15) is 0 Å². The first-order chi connectivity index (χ1) is 8.61. The maximum Gasteiger partial charge on any atom is 0.193 e. The van der Waals surface area contributed by atoms with Crippen molar-refractivity contribution in [1.82, 2.24) is 5.43 Å². The summed E-state index contributed by atoms with van der Waals surface area (Å²) in [6.45, 7) is 0. The van der Waals surface area contributed by atoms with E-state index in [1.807, 2.05) is 0 Å². The fourth-order valence-electron chi connectivity index (χ4n) is 1.69. The third-order valence-electron chi connectivity index (χ3n) is 2.61. The van der Waals surface area contributed by atoms with E-state index in [1.165, 1.54) is 0 Å². The van der Waals surface area contributed by atoms with Crippen molar-refractivity contribution in [3.63, 3.8) is 0 Å². The largest absolute Gasteiger partial charge is 0.448 e. The molecule has 18 heavy (non-hydrogen) atoms. The first kappa shape index (κ1) is 13.7. The number of nitrogens with two attached hydrogens (primary N) is 1. The van der Waals surface area contributed by atoms with Crippen molar-refractivity contribution >= 4 is 34.8 Å². The third kappa shape index (κ3) is 2.99. The van der Waals surface area contributed by atoms with Crippen LogP contribution < -0.4 is 11.3 Å². The van der Waals surface area contributed by atoms with Crippen LogP contribution in [-0.4, -0.2) is 0 Å². The average Bonchev–Trinajstić information content (AvgIpc) is 2.76. The third-order valence-corrected chi connectivity index (χ3v) is 3.52. The Labute approximate surface area is 120 Å². The second-order valence-electron chi connectivity index (χ2n) is 3.77. The van der Waals surface area contributed by atoms with Crippen molar-refractivity contribution in [1.29, 1.82) is 0 Å².